The minimum atomic E-state index is -0.190. The number of nitrogens with zero attached hydrogens (tertiary/aromatic N) is 3. The van der Waals surface area contributed by atoms with Gasteiger partial charge in [0.1, 0.15) is 5.82 Å². The molecule has 142 valence electrons. The first-order chi connectivity index (χ1) is 12.2. The lowest BCUT2D eigenvalue weighted by atomic mass is 10.2. The molecule has 0 aliphatic rings. The smallest absolute Gasteiger partial charge is 0.190 e. The standard InChI is InChI=1S/C19H26FN5.HI/c1-21-19(24-14-11-16-8-5-6-12-22-16)23-13-7-15-25(2)18-10-4-3-9-17(18)20;/h3-6,8-10,12H,7,11,13-15H2,1-2H3,(H2,21,23,24);1H. The fourth-order valence-corrected chi connectivity index (χ4v) is 2.48. The SMILES string of the molecule is CN=C(NCCCN(C)c1ccccc1F)NCCc1ccccn1.I. The van der Waals surface area contributed by atoms with E-state index in [1.54, 1.807) is 25.4 Å². The van der Waals surface area contributed by atoms with Gasteiger partial charge in [-0.15, -0.1) is 24.0 Å². The highest BCUT2D eigenvalue weighted by atomic mass is 127. The molecule has 0 radical (unpaired) electrons. The zero-order chi connectivity index (χ0) is 17.9. The molecule has 0 aliphatic heterocycles. The molecule has 7 heteroatoms. The highest BCUT2D eigenvalue weighted by Crippen LogP contribution is 2.16. The molecule has 0 unspecified atom stereocenters. The lowest BCUT2D eigenvalue weighted by Crippen LogP contribution is -2.39. The van der Waals surface area contributed by atoms with Crippen molar-refractivity contribution in [3.63, 3.8) is 0 Å². The number of benzene rings is 1. The Hall–Kier alpha value is -1.90. The van der Waals surface area contributed by atoms with E-state index >= 15 is 0 Å². The van der Waals surface area contributed by atoms with Gasteiger partial charge in [0.25, 0.3) is 0 Å². The molecule has 0 saturated carbocycles. The molecule has 2 aromatic rings. The van der Waals surface area contributed by atoms with Gasteiger partial charge in [0.05, 0.1) is 5.69 Å². The predicted molar refractivity (Wildman–Crippen MR) is 117 cm³/mol. The summed E-state index contributed by atoms with van der Waals surface area (Å²) in [6, 6.07) is 12.7. The summed E-state index contributed by atoms with van der Waals surface area (Å²) in [6.45, 7) is 2.30. The Labute approximate surface area is 172 Å². The average Bonchev–Trinajstić information content (AvgIpc) is 2.64. The molecule has 2 N–H and O–H groups in total. The molecule has 2 rings (SSSR count). The third kappa shape index (κ3) is 7.55. The minimum absolute atomic E-state index is 0. The van der Waals surface area contributed by atoms with Crippen LogP contribution in [-0.4, -0.2) is 44.7 Å². The van der Waals surface area contributed by atoms with Crippen molar-refractivity contribution < 1.29 is 4.39 Å². The van der Waals surface area contributed by atoms with Crippen LogP contribution in [0.15, 0.2) is 53.7 Å². The van der Waals surface area contributed by atoms with Crippen LogP contribution in [0.1, 0.15) is 12.1 Å². The van der Waals surface area contributed by atoms with Gasteiger partial charge in [-0.3, -0.25) is 9.98 Å². The molecule has 0 aliphatic carbocycles. The van der Waals surface area contributed by atoms with Crippen molar-refractivity contribution in [2.45, 2.75) is 12.8 Å². The van der Waals surface area contributed by atoms with Gasteiger partial charge >= 0.3 is 0 Å². The zero-order valence-electron chi connectivity index (χ0n) is 15.3. The van der Waals surface area contributed by atoms with E-state index in [0.717, 1.165) is 44.1 Å². The number of pyridine rings is 1. The maximum Gasteiger partial charge on any atom is 0.190 e. The lowest BCUT2D eigenvalue weighted by Gasteiger charge is -2.20. The molecule has 0 bridgehead atoms. The molecule has 26 heavy (non-hydrogen) atoms. The van der Waals surface area contributed by atoms with Gasteiger partial charge in [0, 0.05) is 52.0 Å². The third-order valence-electron chi connectivity index (χ3n) is 3.85. The van der Waals surface area contributed by atoms with Crippen LogP contribution in [0.3, 0.4) is 0 Å². The van der Waals surface area contributed by atoms with Crippen molar-refractivity contribution in [3.8, 4) is 0 Å². The summed E-state index contributed by atoms with van der Waals surface area (Å²) in [5.41, 5.74) is 1.68. The van der Waals surface area contributed by atoms with E-state index < -0.39 is 0 Å². The predicted octanol–water partition coefficient (Wildman–Crippen LogP) is 3.07. The van der Waals surface area contributed by atoms with Crippen molar-refractivity contribution in [2.24, 2.45) is 4.99 Å². The number of hydrogen-bond donors (Lipinski definition) is 2. The fourth-order valence-electron chi connectivity index (χ4n) is 2.48. The van der Waals surface area contributed by atoms with Gasteiger partial charge < -0.3 is 15.5 Å². The largest absolute Gasteiger partial charge is 0.372 e. The molecule has 1 aromatic heterocycles. The van der Waals surface area contributed by atoms with Crippen LogP contribution in [0.5, 0.6) is 0 Å². The number of guanidine groups is 1. The van der Waals surface area contributed by atoms with E-state index in [-0.39, 0.29) is 29.8 Å². The Balaban J connectivity index is 0.00000338. The fraction of sp³-hybridized carbons (Fsp3) is 0.368. The van der Waals surface area contributed by atoms with Gasteiger partial charge in [-0.05, 0) is 30.7 Å². The summed E-state index contributed by atoms with van der Waals surface area (Å²) in [5.74, 6) is 0.578. The summed E-state index contributed by atoms with van der Waals surface area (Å²) in [4.78, 5) is 10.4. The molecule has 0 saturated heterocycles. The molecular weight excluding hydrogens is 444 g/mol. The molecular formula is C19H27FIN5. The van der Waals surface area contributed by atoms with E-state index in [2.05, 4.69) is 20.6 Å². The van der Waals surface area contributed by atoms with E-state index in [9.17, 15) is 4.39 Å². The molecule has 0 fully saturated rings. The molecule has 1 aromatic carbocycles. The first-order valence-electron chi connectivity index (χ1n) is 8.51. The van der Waals surface area contributed by atoms with Crippen molar-refractivity contribution in [2.75, 3.05) is 38.6 Å². The van der Waals surface area contributed by atoms with Crippen LogP contribution in [0.2, 0.25) is 0 Å². The summed E-state index contributed by atoms with van der Waals surface area (Å²) in [5, 5.41) is 6.55. The maximum absolute atomic E-state index is 13.7. The monoisotopic (exact) mass is 471 g/mol. The van der Waals surface area contributed by atoms with Crippen LogP contribution in [0.4, 0.5) is 10.1 Å². The van der Waals surface area contributed by atoms with Crippen LogP contribution >= 0.6 is 24.0 Å². The molecule has 1 heterocycles. The number of para-hydroxylation sites is 1. The lowest BCUT2D eigenvalue weighted by molar-refractivity contribution is 0.619. The van der Waals surface area contributed by atoms with Crippen LogP contribution in [0.25, 0.3) is 0 Å². The highest BCUT2D eigenvalue weighted by Gasteiger charge is 2.06. The Bertz CT molecular complexity index is 666. The number of aliphatic imine (C=N–C) groups is 1. The van der Waals surface area contributed by atoms with Gasteiger partial charge in [-0.25, -0.2) is 4.39 Å². The van der Waals surface area contributed by atoms with E-state index in [1.165, 1.54) is 6.07 Å². The first kappa shape index (κ1) is 22.1. The van der Waals surface area contributed by atoms with E-state index in [4.69, 9.17) is 0 Å². The van der Waals surface area contributed by atoms with Crippen molar-refractivity contribution in [1.29, 1.82) is 0 Å². The second kappa shape index (κ2) is 12.5. The Morgan fingerprint density at radius 2 is 1.85 bits per heavy atom. The van der Waals surface area contributed by atoms with Gasteiger partial charge in [0.2, 0.25) is 0 Å². The summed E-state index contributed by atoms with van der Waals surface area (Å²) in [7, 11) is 3.65. The molecule has 5 nitrogen and oxygen atoms in total. The zero-order valence-corrected chi connectivity index (χ0v) is 17.6. The van der Waals surface area contributed by atoms with Crippen molar-refractivity contribution in [3.05, 3.63) is 60.2 Å². The number of aromatic nitrogens is 1. The van der Waals surface area contributed by atoms with Crippen molar-refractivity contribution in [1.82, 2.24) is 15.6 Å². The van der Waals surface area contributed by atoms with Gasteiger partial charge in [-0.2, -0.15) is 0 Å². The number of halogens is 2. The molecule has 0 amide bonds. The average molecular weight is 471 g/mol. The Kier molecular flexibility index (Phi) is 10.6. The van der Waals surface area contributed by atoms with Gasteiger partial charge in [0.15, 0.2) is 5.96 Å². The van der Waals surface area contributed by atoms with Crippen LogP contribution in [0, 0.1) is 5.82 Å². The second-order valence-electron chi connectivity index (χ2n) is 5.72. The topological polar surface area (TPSA) is 52.6 Å². The highest BCUT2D eigenvalue weighted by molar-refractivity contribution is 14.0. The number of hydrogen-bond acceptors (Lipinski definition) is 3. The van der Waals surface area contributed by atoms with Crippen LogP contribution < -0.4 is 15.5 Å². The van der Waals surface area contributed by atoms with Gasteiger partial charge in [-0.1, -0.05) is 18.2 Å². The maximum atomic E-state index is 13.7. The molecule has 0 atom stereocenters. The first-order valence-corrected chi connectivity index (χ1v) is 8.51. The summed E-state index contributed by atoms with van der Waals surface area (Å²) in [6.07, 6.45) is 3.53. The van der Waals surface area contributed by atoms with E-state index in [0.29, 0.717) is 5.69 Å². The number of anilines is 1. The Morgan fingerprint density at radius 3 is 2.54 bits per heavy atom. The Morgan fingerprint density at radius 1 is 1.12 bits per heavy atom. The normalized spacial score (nSPS) is 10.8. The summed E-state index contributed by atoms with van der Waals surface area (Å²) < 4.78 is 13.7. The van der Waals surface area contributed by atoms with Crippen LogP contribution in [-0.2, 0) is 6.42 Å². The summed E-state index contributed by atoms with van der Waals surface area (Å²) >= 11 is 0. The quantitative estimate of drug-likeness (QED) is 0.269. The molecule has 0 spiro atoms. The van der Waals surface area contributed by atoms with Crippen molar-refractivity contribution >= 4 is 35.6 Å². The van der Waals surface area contributed by atoms with E-state index in [1.807, 2.05) is 36.2 Å². The second-order valence-corrected chi connectivity index (χ2v) is 5.72. The third-order valence-corrected chi connectivity index (χ3v) is 3.85. The number of rotatable bonds is 8. The minimum Gasteiger partial charge on any atom is -0.372 e. The number of nitrogens with one attached hydrogen (secondary N) is 2.